The molecule has 1 aromatic heterocycles. The van der Waals surface area contributed by atoms with Gasteiger partial charge in [-0.25, -0.2) is 4.79 Å². The summed E-state index contributed by atoms with van der Waals surface area (Å²) < 4.78 is 6.52. The number of fused-ring (bicyclic) bond motifs is 1. The van der Waals surface area contributed by atoms with Crippen molar-refractivity contribution in [1.82, 2.24) is 15.5 Å². The number of amides is 5. The Labute approximate surface area is 213 Å². The van der Waals surface area contributed by atoms with Crippen molar-refractivity contribution in [3.63, 3.8) is 0 Å². The van der Waals surface area contributed by atoms with Gasteiger partial charge in [0.15, 0.2) is 6.54 Å². The van der Waals surface area contributed by atoms with Gasteiger partial charge in [0.2, 0.25) is 5.91 Å². The van der Waals surface area contributed by atoms with E-state index in [1.165, 1.54) is 10.8 Å². The largest absolute Gasteiger partial charge is 0.501 e. The molecular formula is C26H26ClN4O5+. The molecule has 0 saturated carbocycles. The molecule has 2 N–H and O–H groups in total. The van der Waals surface area contributed by atoms with Crippen molar-refractivity contribution in [1.29, 1.82) is 0 Å². The summed E-state index contributed by atoms with van der Waals surface area (Å²) in [6.45, 7) is 0.293. The van der Waals surface area contributed by atoms with Crippen molar-refractivity contribution in [2.45, 2.75) is 25.9 Å². The number of halogens is 1. The van der Waals surface area contributed by atoms with Crippen molar-refractivity contribution < 1.29 is 28.2 Å². The predicted molar refractivity (Wildman–Crippen MR) is 132 cm³/mol. The molecule has 5 amide bonds. The molecule has 1 aliphatic heterocycles. The van der Waals surface area contributed by atoms with Crippen LogP contribution in [0.5, 0.6) is 0 Å². The Bertz CT molecular complexity index is 1250. The molecule has 1 unspecified atom stereocenters. The Morgan fingerprint density at radius 1 is 1.03 bits per heavy atom. The number of nitrogens with one attached hydrogen (secondary N) is 2. The summed E-state index contributed by atoms with van der Waals surface area (Å²) in [5.41, 5.74) is 1.25. The Kier molecular flexibility index (Phi) is 8.12. The van der Waals surface area contributed by atoms with Gasteiger partial charge in [-0.3, -0.25) is 9.59 Å². The van der Waals surface area contributed by atoms with Gasteiger partial charge in [0.1, 0.15) is 17.4 Å². The van der Waals surface area contributed by atoms with Gasteiger partial charge >= 0.3 is 11.9 Å². The van der Waals surface area contributed by atoms with Crippen molar-refractivity contribution in [3.05, 3.63) is 83.3 Å². The molecule has 2 aliphatic rings. The van der Waals surface area contributed by atoms with Gasteiger partial charge in [0, 0.05) is 18.0 Å². The maximum absolute atomic E-state index is 13.2. The summed E-state index contributed by atoms with van der Waals surface area (Å²) in [5, 5.41) is 6.08. The fourth-order valence-electron chi connectivity index (χ4n) is 4.00. The predicted octanol–water partition coefficient (Wildman–Crippen LogP) is 2.80. The Hall–Kier alpha value is -3.98. The standard InChI is InChI=1S/C26H25ClN4O5/c27-21-10-3-1-7-18(21)15-28-23(32)12-5-13-30-25(34)20-9-2-4-11-22(20)31(26(30)35)17-24(33)29-16-19-8-6-14-36-19/h1-4,6-11,14,20H,5,12-13,15-17H2,(H-,28,29,32,33)/p+1. The van der Waals surface area contributed by atoms with Gasteiger partial charge in [0.25, 0.3) is 5.91 Å². The average Bonchev–Trinajstić information content (AvgIpc) is 3.41. The number of carbonyl (C=O) groups is 4. The van der Waals surface area contributed by atoms with Crippen LogP contribution in [-0.4, -0.2) is 52.0 Å². The Morgan fingerprint density at radius 3 is 2.61 bits per heavy atom. The van der Waals surface area contributed by atoms with Crippen LogP contribution < -0.4 is 10.6 Å². The van der Waals surface area contributed by atoms with Crippen LogP contribution in [0.1, 0.15) is 24.2 Å². The molecule has 4 rings (SSSR count). The van der Waals surface area contributed by atoms with E-state index in [2.05, 4.69) is 10.6 Å². The quantitative estimate of drug-likeness (QED) is 0.478. The van der Waals surface area contributed by atoms with Crippen LogP contribution in [0.15, 0.2) is 71.4 Å². The maximum Gasteiger partial charge on any atom is 0.501 e. The number of benzene rings is 1. The van der Waals surface area contributed by atoms with E-state index >= 15 is 0 Å². The molecule has 1 aliphatic carbocycles. The van der Waals surface area contributed by atoms with Gasteiger partial charge in [-0.05, 0) is 36.3 Å². The zero-order valence-corrected chi connectivity index (χ0v) is 20.2. The normalized spacial score (nSPS) is 16.8. The van der Waals surface area contributed by atoms with Crippen LogP contribution in [0.2, 0.25) is 5.02 Å². The van der Waals surface area contributed by atoms with Gasteiger partial charge in [-0.2, -0.15) is 14.3 Å². The highest BCUT2D eigenvalue weighted by Gasteiger charge is 2.46. The van der Waals surface area contributed by atoms with Crippen LogP contribution in [0.4, 0.5) is 4.79 Å². The smallest absolute Gasteiger partial charge is 0.467 e. The molecule has 2 aromatic rings. The second-order valence-electron chi connectivity index (χ2n) is 8.33. The van der Waals surface area contributed by atoms with E-state index in [1.54, 1.807) is 42.5 Å². The third-order valence-corrected chi connectivity index (χ3v) is 6.24. The van der Waals surface area contributed by atoms with E-state index in [1.807, 2.05) is 18.2 Å². The molecule has 0 radical (unpaired) electrons. The third-order valence-electron chi connectivity index (χ3n) is 5.87. The minimum atomic E-state index is -0.667. The molecule has 0 bridgehead atoms. The fraction of sp³-hybridized carbons (Fsp3) is 0.269. The summed E-state index contributed by atoms with van der Waals surface area (Å²) in [6, 6.07) is 10.1. The average molecular weight is 510 g/mol. The van der Waals surface area contributed by atoms with E-state index in [0.29, 0.717) is 23.0 Å². The SMILES string of the molecule is O=C(CCCN1C(=O)C2C=CC=CC2=[N+](CC(=O)NCc2ccco2)C1=O)NCc1ccccc1Cl. The second-order valence-corrected chi connectivity index (χ2v) is 8.74. The number of rotatable bonds is 10. The van der Waals surface area contributed by atoms with Crippen LogP contribution >= 0.6 is 11.6 Å². The van der Waals surface area contributed by atoms with Crippen LogP contribution in [-0.2, 0) is 27.5 Å². The summed E-state index contributed by atoms with van der Waals surface area (Å²) in [4.78, 5) is 52.2. The van der Waals surface area contributed by atoms with Crippen molar-refractivity contribution >= 4 is 41.1 Å². The number of furan rings is 1. The van der Waals surface area contributed by atoms with E-state index in [9.17, 15) is 19.2 Å². The fourth-order valence-corrected chi connectivity index (χ4v) is 4.20. The van der Waals surface area contributed by atoms with Gasteiger partial charge in [-0.1, -0.05) is 48.0 Å². The minimum Gasteiger partial charge on any atom is -0.467 e. The number of hydrogen-bond acceptors (Lipinski definition) is 5. The number of nitrogens with zero attached hydrogens (tertiary/aromatic N) is 2. The van der Waals surface area contributed by atoms with Crippen LogP contribution in [0, 0.1) is 5.92 Å². The number of urea groups is 1. The Morgan fingerprint density at radius 2 is 1.83 bits per heavy atom. The highest BCUT2D eigenvalue weighted by Crippen LogP contribution is 2.20. The van der Waals surface area contributed by atoms with Crippen LogP contribution in [0.25, 0.3) is 0 Å². The third kappa shape index (κ3) is 5.98. The molecule has 36 heavy (non-hydrogen) atoms. The molecule has 186 valence electrons. The second kappa shape index (κ2) is 11.6. The molecule has 1 aromatic carbocycles. The molecule has 0 spiro atoms. The molecule has 0 saturated heterocycles. The topological polar surface area (TPSA) is 112 Å². The van der Waals surface area contributed by atoms with Crippen LogP contribution in [0.3, 0.4) is 0 Å². The number of imide groups is 1. The summed E-state index contributed by atoms with van der Waals surface area (Å²) in [6.07, 6.45) is 8.74. The van der Waals surface area contributed by atoms with Crippen molar-refractivity contribution in [3.8, 4) is 0 Å². The van der Waals surface area contributed by atoms with E-state index in [4.69, 9.17) is 16.0 Å². The molecule has 9 nitrogen and oxygen atoms in total. The summed E-state index contributed by atoms with van der Waals surface area (Å²) >= 11 is 6.11. The highest BCUT2D eigenvalue weighted by molar-refractivity contribution is 6.31. The number of carbonyl (C=O) groups excluding carboxylic acids is 4. The number of hydrogen-bond donors (Lipinski definition) is 2. The summed E-state index contributed by atoms with van der Waals surface area (Å²) in [5.74, 6) is -1.06. The molecule has 1 atom stereocenters. The molecule has 0 fully saturated rings. The first-order chi connectivity index (χ1) is 17.4. The highest BCUT2D eigenvalue weighted by atomic mass is 35.5. The van der Waals surface area contributed by atoms with E-state index in [-0.39, 0.29) is 50.2 Å². The lowest BCUT2D eigenvalue weighted by Crippen LogP contribution is -2.56. The zero-order chi connectivity index (χ0) is 25.5. The van der Waals surface area contributed by atoms with Crippen molar-refractivity contribution in [2.75, 3.05) is 13.1 Å². The lowest BCUT2D eigenvalue weighted by Gasteiger charge is -2.26. The van der Waals surface area contributed by atoms with Gasteiger partial charge in [0.05, 0.1) is 19.4 Å². The number of allylic oxidation sites excluding steroid dienone is 3. The van der Waals surface area contributed by atoms with E-state index in [0.717, 1.165) is 10.5 Å². The summed E-state index contributed by atoms with van der Waals surface area (Å²) in [7, 11) is 0. The first kappa shape index (κ1) is 25.1. The molecule has 10 heteroatoms. The van der Waals surface area contributed by atoms with Gasteiger partial charge < -0.3 is 15.1 Å². The minimum absolute atomic E-state index is 0.0586. The molecule has 2 heterocycles. The lowest BCUT2D eigenvalue weighted by atomic mass is 9.94. The molecular weight excluding hydrogens is 484 g/mol. The monoisotopic (exact) mass is 509 g/mol. The lowest BCUT2D eigenvalue weighted by molar-refractivity contribution is -0.428. The van der Waals surface area contributed by atoms with Crippen molar-refractivity contribution in [2.24, 2.45) is 5.92 Å². The first-order valence-corrected chi connectivity index (χ1v) is 12.0. The van der Waals surface area contributed by atoms with E-state index < -0.39 is 11.9 Å². The maximum atomic E-state index is 13.2. The first-order valence-electron chi connectivity index (χ1n) is 11.6. The zero-order valence-electron chi connectivity index (χ0n) is 19.5. The Balaban J connectivity index is 1.36. The van der Waals surface area contributed by atoms with Gasteiger partial charge in [-0.15, -0.1) is 0 Å².